The summed E-state index contributed by atoms with van der Waals surface area (Å²) >= 11 is 0. The lowest BCUT2D eigenvalue weighted by Gasteiger charge is -2.33. The van der Waals surface area contributed by atoms with Gasteiger partial charge in [0.2, 0.25) is 5.91 Å². The van der Waals surface area contributed by atoms with Gasteiger partial charge in [0, 0.05) is 19.0 Å². The molecule has 0 aromatic carbocycles. The van der Waals surface area contributed by atoms with Gasteiger partial charge in [0.1, 0.15) is 0 Å². The third kappa shape index (κ3) is 2.97. The van der Waals surface area contributed by atoms with Crippen LogP contribution >= 0.6 is 0 Å². The SMILES string of the molecule is CC(C)C(C)C(=O)N1CCCC(C(=O)O)C1. The van der Waals surface area contributed by atoms with Crippen molar-refractivity contribution >= 4 is 11.9 Å². The van der Waals surface area contributed by atoms with Gasteiger partial charge >= 0.3 is 5.97 Å². The van der Waals surface area contributed by atoms with Crippen LogP contribution in [-0.4, -0.2) is 35.0 Å². The van der Waals surface area contributed by atoms with E-state index in [4.69, 9.17) is 5.11 Å². The number of nitrogens with zero attached hydrogens (tertiary/aromatic N) is 1. The number of carboxylic acid groups (broad SMARTS) is 1. The molecule has 1 heterocycles. The van der Waals surface area contributed by atoms with Crippen molar-refractivity contribution in [3.05, 3.63) is 0 Å². The largest absolute Gasteiger partial charge is 0.481 e. The lowest BCUT2D eigenvalue weighted by molar-refractivity contribution is -0.147. The summed E-state index contributed by atoms with van der Waals surface area (Å²) in [7, 11) is 0. The monoisotopic (exact) mass is 227 g/mol. The van der Waals surface area contributed by atoms with E-state index in [9.17, 15) is 9.59 Å². The van der Waals surface area contributed by atoms with Crippen molar-refractivity contribution in [1.82, 2.24) is 4.90 Å². The van der Waals surface area contributed by atoms with E-state index >= 15 is 0 Å². The molecule has 4 nitrogen and oxygen atoms in total. The van der Waals surface area contributed by atoms with Crippen molar-refractivity contribution in [2.75, 3.05) is 13.1 Å². The van der Waals surface area contributed by atoms with Crippen molar-refractivity contribution in [3.63, 3.8) is 0 Å². The minimum Gasteiger partial charge on any atom is -0.481 e. The maximum Gasteiger partial charge on any atom is 0.308 e. The molecule has 0 aromatic rings. The molecule has 1 rings (SSSR count). The van der Waals surface area contributed by atoms with E-state index in [0.29, 0.717) is 25.4 Å². The van der Waals surface area contributed by atoms with E-state index in [-0.39, 0.29) is 17.7 Å². The Hall–Kier alpha value is -1.06. The number of carboxylic acids is 1. The molecule has 1 saturated heterocycles. The van der Waals surface area contributed by atoms with Gasteiger partial charge in [-0.25, -0.2) is 0 Å². The second kappa shape index (κ2) is 5.32. The molecule has 1 aliphatic heterocycles. The first-order valence-corrected chi connectivity index (χ1v) is 5.95. The number of amides is 1. The minimum absolute atomic E-state index is 0.0208. The summed E-state index contributed by atoms with van der Waals surface area (Å²) in [6.45, 7) is 7.03. The third-order valence-electron chi connectivity index (χ3n) is 3.47. The number of piperidine rings is 1. The minimum atomic E-state index is -0.783. The van der Waals surface area contributed by atoms with Crippen molar-refractivity contribution < 1.29 is 14.7 Å². The third-order valence-corrected chi connectivity index (χ3v) is 3.47. The molecule has 1 N–H and O–H groups in total. The summed E-state index contributed by atoms with van der Waals surface area (Å²) in [5.41, 5.74) is 0. The summed E-state index contributed by atoms with van der Waals surface area (Å²) in [6, 6.07) is 0. The fraction of sp³-hybridized carbons (Fsp3) is 0.833. The van der Waals surface area contributed by atoms with Crippen molar-refractivity contribution in [2.45, 2.75) is 33.6 Å². The van der Waals surface area contributed by atoms with Crippen LogP contribution in [0.5, 0.6) is 0 Å². The Bertz CT molecular complexity index is 275. The van der Waals surface area contributed by atoms with Crippen LogP contribution in [0.25, 0.3) is 0 Å². The van der Waals surface area contributed by atoms with Crippen molar-refractivity contribution in [1.29, 1.82) is 0 Å². The van der Waals surface area contributed by atoms with Crippen LogP contribution in [0.2, 0.25) is 0 Å². The Kier molecular flexibility index (Phi) is 4.33. The van der Waals surface area contributed by atoms with Gasteiger partial charge in [-0.3, -0.25) is 9.59 Å². The lowest BCUT2D eigenvalue weighted by atomic mass is 9.93. The van der Waals surface area contributed by atoms with Crippen LogP contribution in [0.4, 0.5) is 0 Å². The molecule has 0 aromatic heterocycles. The molecule has 4 heteroatoms. The van der Waals surface area contributed by atoms with Gasteiger partial charge < -0.3 is 10.0 Å². The normalized spacial score (nSPS) is 23.2. The number of carbonyl (C=O) groups excluding carboxylic acids is 1. The first-order valence-electron chi connectivity index (χ1n) is 5.95. The Morgan fingerprint density at radius 3 is 2.44 bits per heavy atom. The maximum atomic E-state index is 12.0. The van der Waals surface area contributed by atoms with Gasteiger partial charge in [0.05, 0.1) is 5.92 Å². The van der Waals surface area contributed by atoms with Crippen LogP contribution in [-0.2, 0) is 9.59 Å². The fourth-order valence-electron chi connectivity index (χ4n) is 1.95. The molecule has 1 aliphatic rings. The van der Waals surface area contributed by atoms with Crippen LogP contribution in [0, 0.1) is 17.8 Å². The van der Waals surface area contributed by atoms with Gasteiger partial charge in [-0.05, 0) is 18.8 Å². The van der Waals surface area contributed by atoms with Gasteiger partial charge in [0.25, 0.3) is 0 Å². The molecule has 1 fully saturated rings. The highest BCUT2D eigenvalue weighted by Gasteiger charge is 2.30. The molecule has 2 atom stereocenters. The Morgan fingerprint density at radius 2 is 1.94 bits per heavy atom. The molecule has 1 amide bonds. The predicted octanol–water partition coefficient (Wildman–Crippen LogP) is 1.60. The molecular formula is C12H21NO3. The number of hydrogen-bond acceptors (Lipinski definition) is 2. The summed E-state index contributed by atoms with van der Waals surface area (Å²) in [6.07, 6.45) is 1.49. The molecule has 92 valence electrons. The van der Waals surface area contributed by atoms with Gasteiger partial charge in [0.15, 0.2) is 0 Å². The predicted molar refractivity (Wildman–Crippen MR) is 60.9 cm³/mol. The number of rotatable bonds is 3. The van der Waals surface area contributed by atoms with E-state index in [2.05, 4.69) is 0 Å². The van der Waals surface area contributed by atoms with Gasteiger partial charge in [-0.1, -0.05) is 20.8 Å². The zero-order valence-corrected chi connectivity index (χ0v) is 10.3. The second-order valence-electron chi connectivity index (χ2n) is 4.99. The highest BCUT2D eigenvalue weighted by atomic mass is 16.4. The molecule has 2 unspecified atom stereocenters. The van der Waals surface area contributed by atoms with Crippen molar-refractivity contribution in [3.8, 4) is 0 Å². The molecule has 0 radical (unpaired) electrons. The molecule has 0 bridgehead atoms. The summed E-state index contributed by atoms with van der Waals surface area (Å²) in [4.78, 5) is 24.6. The summed E-state index contributed by atoms with van der Waals surface area (Å²) < 4.78 is 0. The first kappa shape index (κ1) is 13.0. The summed E-state index contributed by atoms with van der Waals surface area (Å²) in [5, 5.41) is 8.95. The smallest absolute Gasteiger partial charge is 0.308 e. The second-order valence-corrected chi connectivity index (χ2v) is 4.99. The lowest BCUT2D eigenvalue weighted by Crippen LogP contribution is -2.45. The van der Waals surface area contributed by atoms with E-state index in [1.54, 1.807) is 4.90 Å². The van der Waals surface area contributed by atoms with Crippen LogP contribution in [0.1, 0.15) is 33.6 Å². The van der Waals surface area contributed by atoms with E-state index in [0.717, 1.165) is 6.42 Å². The maximum absolute atomic E-state index is 12.0. The van der Waals surface area contributed by atoms with E-state index in [1.165, 1.54) is 0 Å². The average molecular weight is 227 g/mol. The standard InChI is InChI=1S/C12H21NO3/c1-8(2)9(3)11(14)13-6-4-5-10(7-13)12(15)16/h8-10H,4-7H2,1-3H3,(H,15,16). The van der Waals surface area contributed by atoms with Gasteiger partial charge in [-0.2, -0.15) is 0 Å². The molecule has 0 saturated carbocycles. The number of carbonyl (C=O) groups is 2. The molecule has 0 spiro atoms. The molecular weight excluding hydrogens is 206 g/mol. The first-order chi connectivity index (χ1) is 7.43. The Balaban J connectivity index is 2.60. The average Bonchev–Trinajstić information content (AvgIpc) is 2.27. The van der Waals surface area contributed by atoms with Gasteiger partial charge in [-0.15, -0.1) is 0 Å². The van der Waals surface area contributed by atoms with Crippen LogP contribution in [0.15, 0.2) is 0 Å². The van der Waals surface area contributed by atoms with Crippen LogP contribution in [0.3, 0.4) is 0 Å². The molecule has 0 aliphatic carbocycles. The van der Waals surface area contributed by atoms with E-state index in [1.807, 2.05) is 20.8 Å². The molecule has 16 heavy (non-hydrogen) atoms. The Labute approximate surface area is 96.6 Å². The van der Waals surface area contributed by atoms with Crippen LogP contribution < -0.4 is 0 Å². The summed E-state index contributed by atoms with van der Waals surface area (Å²) in [5.74, 6) is -0.780. The fourth-order valence-corrected chi connectivity index (χ4v) is 1.95. The zero-order valence-electron chi connectivity index (χ0n) is 10.3. The van der Waals surface area contributed by atoms with Crippen molar-refractivity contribution in [2.24, 2.45) is 17.8 Å². The van der Waals surface area contributed by atoms with E-state index < -0.39 is 5.97 Å². The number of aliphatic carboxylic acids is 1. The zero-order chi connectivity index (χ0) is 12.3. The quantitative estimate of drug-likeness (QED) is 0.796. The number of likely N-dealkylation sites (tertiary alicyclic amines) is 1. The number of hydrogen-bond donors (Lipinski definition) is 1. The Morgan fingerprint density at radius 1 is 1.31 bits per heavy atom. The highest BCUT2D eigenvalue weighted by molar-refractivity contribution is 5.80. The topological polar surface area (TPSA) is 57.6 Å². The highest BCUT2D eigenvalue weighted by Crippen LogP contribution is 2.21.